The van der Waals surface area contributed by atoms with E-state index >= 15 is 0 Å². The molecular weight excluding hydrogens is 174 g/mol. The summed E-state index contributed by atoms with van der Waals surface area (Å²) >= 11 is 0. The third-order valence-corrected chi connectivity index (χ3v) is 0.0913. The molecule has 0 bridgehead atoms. The fraction of sp³-hybridized carbons (Fsp3) is 0. The van der Waals surface area contributed by atoms with Gasteiger partial charge in [-0.05, 0) is 0 Å². The third-order valence-electron chi connectivity index (χ3n) is 0.0913. The number of rotatable bonds is 0. The van der Waals surface area contributed by atoms with Gasteiger partial charge in [-0.25, -0.2) is 0 Å². The zero-order chi connectivity index (χ0) is 7.91. The lowest BCUT2D eigenvalue weighted by molar-refractivity contribution is 0.381. The summed E-state index contributed by atoms with van der Waals surface area (Å²) in [5.41, 5.74) is 0. The average Bonchev–Trinajstić information content (AvgIpc) is 1.61. The van der Waals surface area contributed by atoms with E-state index in [0.717, 1.165) is 0 Å². The van der Waals surface area contributed by atoms with Gasteiger partial charge in [-0.15, -0.1) is 0 Å². The Hall–Kier alpha value is -0.980. The first kappa shape index (κ1) is 22.5. The highest BCUT2D eigenvalue weighted by Gasteiger charge is 1.84. The lowest BCUT2D eigenvalue weighted by Crippen LogP contribution is -1.89. The molecular formula is C3H11N3O4S. The van der Waals surface area contributed by atoms with Crippen molar-refractivity contribution >= 4 is 10.4 Å². The zero-order valence-electron chi connectivity index (χ0n) is 5.77. The molecule has 0 aliphatic carbocycles. The summed E-state index contributed by atoms with van der Waals surface area (Å²) in [6.07, 6.45) is 1.18. The number of nitrogens with zero attached hydrogens (tertiary/aromatic N) is 1. The van der Waals surface area contributed by atoms with Gasteiger partial charge in [-0.1, -0.05) is 6.58 Å². The molecule has 0 saturated heterocycles. The van der Waals surface area contributed by atoms with Crippen LogP contribution in [0.3, 0.4) is 0 Å². The number of hydrogen-bond acceptors (Lipinski definition) is 5. The molecule has 7 nitrogen and oxygen atoms in total. The minimum atomic E-state index is -4.67. The SMILES string of the molecule is C=CC#N.N.N.O=S(=O)(O)O. The van der Waals surface area contributed by atoms with Gasteiger partial charge in [-0.2, -0.15) is 13.7 Å². The molecule has 8 heteroatoms. The fourth-order valence-corrected chi connectivity index (χ4v) is 0. The molecule has 0 rings (SSSR count). The van der Waals surface area contributed by atoms with Crippen molar-refractivity contribution in [2.45, 2.75) is 0 Å². The summed E-state index contributed by atoms with van der Waals surface area (Å²) in [4.78, 5) is 0. The van der Waals surface area contributed by atoms with E-state index in [2.05, 4.69) is 6.58 Å². The first-order chi connectivity index (χ1) is 3.91. The van der Waals surface area contributed by atoms with E-state index in [0.29, 0.717) is 0 Å². The topological polar surface area (TPSA) is 168 Å². The Morgan fingerprint density at radius 1 is 1.36 bits per heavy atom. The number of nitriles is 1. The summed E-state index contributed by atoms with van der Waals surface area (Å²) in [6, 6.07) is 1.69. The van der Waals surface area contributed by atoms with Crippen LogP contribution in [0, 0.1) is 11.3 Å². The maximum atomic E-state index is 8.74. The minimum absolute atomic E-state index is 0. The second kappa shape index (κ2) is 11.8. The van der Waals surface area contributed by atoms with Crippen LogP contribution in [0.25, 0.3) is 0 Å². The maximum Gasteiger partial charge on any atom is 0.394 e. The normalized spacial score (nSPS) is 6.64. The van der Waals surface area contributed by atoms with Crippen molar-refractivity contribution < 1.29 is 17.5 Å². The van der Waals surface area contributed by atoms with Gasteiger partial charge in [0, 0.05) is 6.08 Å². The molecule has 0 amide bonds. The smallest absolute Gasteiger partial charge is 0.344 e. The standard InChI is InChI=1S/C3H3N.2H3N.H2O4S/c1-2-3-4;;;1-5(2,3)4/h2H,1H2;2*1H3;(H2,1,2,3,4). The van der Waals surface area contributed by atoms with Crippen LogP contribution in [0.5, 0.6) is 0 Å². The summed E-state index contributed by atoms with van der Waals surface area (Å²) < 4.78 is 31.6. The van der Waals surface area contributed by atoms with Crippen molar-refractivity contribution in [1.29, 1.82) is 5.26 Å². The Morgan fingerprint density at radius 2 is 1.45 bits per heavy atom. The summed E-state index contributed by atoms with van der Waals surface area (Å²) in [5.74, 6) is 0. The van der Waals surface area contributed by atoms with Crippen LogP contribution in [0.2, 0.25) is 0 Å². The Labute approximate surface area is 65.1 Å². The fourth-order valence-electron chi connectivity index (χ4n) is 0. The molecule has 68 valence electrons. The van der Waals surface area contributed by atoms with Gasteiger partial charge in [0.2, 0.25) is 0 Å². The van der Waals surface area contributed by atoms with Crippen LogP contribution in [0.15, 0.2) is 12.7 Å². The van der Waals surface area contributed by atoms with Crippen molar-refractivity contribution in [3.8, 4) is 6.07 Å². The molecule has 0 aliphatic heterocycles. The maximum absolute atomic E-state index is 8.74. The highest BCUT2D eigenvalue weighted by molar-refractivity contribution is 7.79. The Kier molecular flexibility index (Phi) is 24.1. The monoisotopic (exact) mass is 185 g/mol. The van der Waals surface area contributed by atoms with Gasteiger partial charge in [0.15, 0.2) is 0 Å². The van der Waals surface area contributed by atoms with Crippen molar-refractivity contribution in [3.63, 3.8) is 0 Å². The quantitative estimate of drug-likeness (QED) is 0.312. The van der Waals surface area contributed by atoms with Crippen LogP contribution in [0.1, 0.15) is 0 Å². The zero-order valence-corrected chi connectivity index (χ0v) is 6.58. The van der Waals surface area contributed by atoms with Crippen molar-refractivity contribution in [2.24, 2.45) is 0 Å². The lowest BCUT2D eigenvalue weighted by Gasteiger charge is -1.68. The Bertz CT molecular complexity index is 195. The molecule has 11 heavy (non-hydrogen) atoms. The average molecular weight is 185 g/mol. The van der Waals surface area contributed by atoms with E-state index in [1.807, 2.05) is 0 Å². The summed E-state index contributed by atoms with van der Waals surface area (Å²) in [7, 11) is -4.67. The van der Waals surface area contributed by atoms with Crippen LogP contribution in [0.4, 0.5) is 0 Å². The lowest BCUT2D eigenvalue weighted by atomic mass is 10.8. The van der Waals surface area contributed by atoms with Gasteiger partial charge >= 0.3 is 10.4 Å². The van der Waals surface area contributed by atoms with E-state index in [1.165, 1.54) is 6.08 Å². The number of allylic oxidation sites excluding steroid dienone is 1. The van der Waals surface area contributed by atoms with E-state index < -0.39 is 10.4 Å². The van der Waals surface area contributed by atoms with E-state index in [9.17, 15) is 0 Å². The highest BCUT2D eigenvalue weighted by Crippen LogP contribution is 1.59. The van der Waals surface area contributed by atoms with Gasteiger partial charge in [-0.3, -0.25) is 9.11 Å². The minimum Gasteiger partial charge on any atom is -0.344 e. The third kappa shape index (κ3) is 1110000. The predicted molar refractivity (Wildman–Crippen MR) is 40.0 cm³/mol. The molecule has 0 aliphatic rings. The number of hydrogen-bond donors (Lipinski definition) is 4. The molecule has 0 fully saturated rings. The molecule has 0 atom stereocenters. The van der Waals surface area contributed by atoms with E-state index in [1.54, 1.807) is 6.07 Å². The van der Waals surface area contributed by atoms with Gasteiger partial charge < -0.3 is 12.3 Å². The molecule has 8 N–H and O–H groups in total. The molecule has 0 unspecified atom stereocenters. The first-order valence-corrected chi connectivity index (χ1v) is 3.02. The Morgan fingerprint density at radius 3 is 1.45 bits per heavy atom. The van der Waals surface area contributed by atoms with Crippen LogP contribution < -0.4 is 12.3 Å². The van der Waals surface area contributed by atoms with Crippen LogP contribution in [-0.4, -0.2) is 17.5 Å². The second-order valence-corrected chi connectivity index (χ2v) is 1.68. The largest absolute Gasteiger partial charge is 0.394 e. The molecule has 0 spiro atoms. The molecule has 0 heterocycles. The van der Waals surface area contributed by atoms with Gasteiger partial charge in [0.1, 0.15) is 0 Å². The van der Waals surface area contributed by atoms with Crippen molar-refractivity contribution in [2.75, 3.05) is 0 Å². The predicted octanol–water partition coefficient (Wildman–Crippen LogP) is 0.367. The second-order valence-electron chi connectivity index (χ2n) is 0.781. The first-order valence-electron chi connectivity index (χ1n) is 1.62. The van der Waals surface area contributed by atoms with Crippen LogP contribution >= 0.6 is 0 Å². The van der Waals surface area contributed by atoms with Crippen LogP contribution in [-0.2, 0) is 10.4 Å². The van der Waals surface area contributed by atoms with Crippen molar-refractivity contribution in [1.82, 2.24) is 12.3 Å². The van der Waals surface area contributed by atoms with Gasteiger partial charge in [0.25, 0.3) is 0 Å². The highest BCUT2D eigenvalue weighted by atomic mass is 32.3. The molecule has 0 radical (unpaired) electrons. The molecule has 0 saturated carbocycles. The summed E-state index contributed by atoms with van der Waals surface area (Å²) in [6.45, 7) is 3.12. The van der Waals surface area contributed by atoms with E-state index in [4.69, 9.17) is 22.8 Å². The van der Waals surface area contributed by atoms with Crippen molar-refractivity contribution in [3.05, 3.63) is 12.7 Å². The molecule has 0 aromatic heterocycles. The summed E-state index contributed by atoms with van der Waals surface area (Å²) in [5, 5.41) is 7.51. The van der Waals surface area contributed by atoms with Gasteiger partial charge in [0.05, 0.1) is 6.07 Å². The molecule has 0 aromatic carbocycles. The van der Waals surface area contributed by atoms with E-state index in [-0.39, 0.29) is 12.3 Å². The molecule has 0 aromatic rings. The Balaban J connectivity index is -0.0000000383.